The normalized spacial score (nSPS) is 14.6. The first kappa shape index (κ1) is 84.1. The third-order valence-electron chi connectivity index (χ3n) is 15.7. The van der Waals surface area contributed by atoms with Crippen molar-refractivity contribution in [3.63, 3.8) is 0 Å². The first-order chi connectivity index (χ1) is 41.3. The Balaban J connectivity index is 5.25. The molecule has 0 aromatic carbocycles. The van der Waals surface area contributed by atoms with Crippen LogP contribution in [0.15, 0.2) is 0 Å². The van der Waals surface area contributed by atoms with Crippen LogP contribution in [0, 0.1) is 17.8 Å². The number of ether oxygens (including phenoxy) is 4. The van der Waals surface area contributed by atoms with Crippen LogP contribution in [0.3, 0.4) is 0 Å². The fourth-order valence-corrected chi connectivity index (χ4v) is 11.6. The smallest absolute Gasteiger partial charge is 0.462 e. The molecule has 0 radical (unpaired) electrons. The van der Waals surface area contributed by atoms with Crippen molar-refractivity contribution in [3.8, 4) is 0 Å². The lowest BCUT2D eigenvalue weighted by atomic mass is 10.00. The second kappa shape index (κ2) is 58.2. The quantitative estimate of drug-likeness (QED) is 0.0222. The molecule has 0 aromatic rings. The van der Waals surface area contributed by atoms with Gasteiger partial charge in [-0.3, -0.25) is 37.3 Å². The van der Waals surface area contributed by atoms with E-state index in [1.54, 1.807) is 0 Å². The molecule has 0 saturated heterocycles. The highest BCUT2D eigenvalue weighted by atomic mass is 31.2. The zero-order chi connectivity index (χ0) is 63.8. The number of esters is 4. The SMILES string of the molecule is CCCCCCCCCCCCCCCCCC(=O)O[C@H](COC(=O)CCCCCCCCCCC(C)C)COP(=O)(O)OC[C@@H](O)COP(=O)(O)OC[C@@H](COC(=O)CCCCCCCCC(C)CC)OC(=O)CCCCCCCCCC(C)C. The summed E-state index contributed by atoms with van der Waals surface area (Å²) < 4.78 is 68.1. The van der Waals surface area contributed by atoms with Gasteiger partial charge in [-0.05, 0) is 43.4 Å². The Kier molecular flexibility index (Phi) is 56.9. The van der Waals surface area contributed by atoms with Gasteiger partial charge in [0, 0.05) is 25.7 Å². The molecule has 0 heterocycles. The van der Waals surface area contributed by atoms with Crippen LogP contribution in [0.1, 0.15) is 331 Å². The number of carbonyl (C=O) groups is 4. The maximum absolute atomic E-state index is 13.0. The lowest BCUT2D eigenvalue weighted by molar-refractivity contribution is -0.161. The Morgan fingerprint density at radius 1 is 0.337 bits per heavy atom. The summed E-state index contributed by atoms with van der Waals surface area (Å²) in [4.78, 5) is 72.3. The van der Waals surface area contributed by atoms with Crippen LogP contribution >= 0.6 is 15.6 Å². The standard InChI is InChI=1S/C67H130O17P2/c1-8-10-11-12-13-14-15-16-17-18-19-20-27-36-43-50-66(71)83-62(54-77-64(69)48-41-34-26-22-21-24-31-38-45-58(3)4)56-81-85(73,74)79-52-61(68)53-80-86(75,76)82-57-63(84-67(72)51-44-37-28-23-25-32-39-46-59(5)6)55-78-65(70)49-42-35-30-29-33-40-47-60(7)9-2/h58-63,68H,8-57H2,1-7H3,(H,73,74)(H,75,76)/t60?,61-,62-,63-/m1/s1. The average Bonchev–Trinajstić information content (AvgIpc) is 3.68. The van der Waals surface area contributed by atoms with Gasteiger partial charge >= 0.3 is 39.5 Å². The summed E-state index contributed by atoms with van der Waals surface area (Å²) in [5.41, 5.74) is 0. The average molecular weight is 1270 g/mol. The van der Waals surface area contributed by atoms with E-state index in [1.165, 1.54) is 135 Å². The predicted molar refractivity (Wildman–Crippen MR) is 344 cm³/mol. The molecule has 19 heteroatoms. The molecule has 3 unspecified atom stereocenters. The van der Waals surface area contributed by atoms with E-state index in [2.05, 4.69) is 48.5 Å². The number of phosphoric ester groups is 2. The van der Waals surface area contributed by atoms with E-state index in [-0.39, 0.29) is 25.7 Å². The Morgan fingerprint density at radius 2 is 0.593 bits per heavy atom. The van der Waals surface area contributed by atoms with Gasteiger partial charge in [-0.15, -0.1) is 0 Å². The largest absolute Gasteiger partial charge is 0.472 e. The molecule has 0 amide bonds. The molecule has 0 bridgehead atoms. The van der Waals surface area contributed by atoms with Crippen LogP contribution < -0.4 is 0 Å². The van der Waals surface area contributed by atoms with Gasteiger partial charge in [0.2, 0.25) is 0 Å². The lowest BCUT2D eigenvalue weighted by Gasteiger charge is -2.21. The van der Waals surface area contributed by atoms with Crippen LogP contribution in [-0.4, -0.2) is 96.7 Å². The van der Waals surface area contributed by atoms with E-state index in [0.717, 1.165) is 108 Å². The second-order valence-corrected chi connectivity index (χ2v) is 28.3. The molecule has 0 fully saturated rings. The highest BCUT2D eigenvalue weighted by Gasteiger charge is 2.30. The second-order valence-electron chi connectivity index (χ2n) is 25.4. The fourth-order valence-electron chi connectivity index (χ4n) is 9.98. The molecule has 0 aromatic heterocycles. The summed E-state index contributed by atoms with van der Waals surface area (Å²) in [6, 6.07) is 0. The zero-order valence-corrected chi connectivity index (χ0v) is 57.6. The van der Waals surface area contributed by atoms with Crippen molar-refractivity contribution >= 4 is 39.5 Å². The Bertz CT molecular complexity index is 1700. The summed E-state index contributed by atoms with van der Waals surface area (Å²) >= 11 is 0. The van der Waals surface area contributed by atoms with Gasteiger partial charge < -0.3 is 33.8 Å². The molecule has 0 aliphatic heterocycles. The minimum absolute atomic E-state index is 0.102. The van der Waals surface area contributed by atoms with Crippen molar-refractivity contribution in [1.82, 2.24) is 0 Å². The maximum atomic E-state index is 13.0. The summed E-state index contributed by atoms with van der Waals surface area (Å²) in [5.74, 6) is 0.0192. The van der Waals surface area contributed by atoms with E-state index >= 15 is 0 Å². The molecule has 86 heavy (non-hydrogen) atoms. The lowest BCUT2D eigenvalue weighted by Crippen LogP contribution is -2.30. The number of aliphatic hydroxyl groups is 1. The van der Waals surface area contributed by atoms with Gasteiger partial charge in [0.15, 0.2) is 12.2 Å². The molecular weight excluding hydrogens is 1140 g/mol. The molecule has 0 saturated carbocycles. The molecule has 0 aliphatic rings. The maximum Gasteiger partial charge on any atom is 0.472 e. The first-order valence-corrected chi connectivity index (χ1v) is 37.9. The van der Waals surface area contributed by atoms with E-state index < -0.39 is 97.5 Å². The molecule has 510 valence electrons. The zero-order valence-electron chi connectivity index (χ0n) is 55.8. The van der Waals surface area contributed by atoms with Gasteiger partial charge in [0.05, 0.1) is 26.4 Å². The van der Waals surface area contributed by atoms with Crippen LogP contribution in [-0.2, 0) is 65.4 Å². The predicted octanol–water partition coefficient (Wildman–Crippen LogP) is 18.7. The van der Waals surface area contributed by atoms with Crippen LogP contribution in [0.2, 0.25) is 0 Å². The number of hydrogen-bond acceptors (Lipinski definition) is 15. The van der Waals surface area contributed by atoms with E-state index in [0.29, 0.717) is 31.6 Å². The van der Waals surface area contributed by atoms with E-state index in [1.807, 2.05) is 0 Å². The van der Waals surface area contributed by atoms with Gasteiger partial charge in [0.1, 0.15) is 19.3 Å². The number of phosphoric acid groups is 2. The number of rotatable bonds is 65. The van der Waals surface area contributed by atoms with Crippen molar-refractivity contribution in [2.75, 3.05) is 39.6 Å². The third kappa shape index (κ3) is 59.7. The van der Waals surface area contributed by atoms with Crippen LogP contribution in [0.25, 0.3) is 0 Å². The van der Waals surface area contributed by atoms with Crippen molar-refractivity contribution in [2.24, 2.45) is 17.8 Å². The topological polar surface area (TPSA) is 237 Å². The first-order valence-electron chi connectivity index (χ1n) is 34.9. The highest BCUT2D eigenvalue weighted by molar-refractivity contribution is 7.47. The molecular formula is C67H130O17P2. The molecule has 0 spiro atoms. The fraction of sp³-hybridized carbons (Fsp3) is 0.940. The number of hydrogen-bond donors (Lipinski definition) is 3. The highest BCUT2D eigenvalue weighted by Crippen LogP contribution is 2.45. The van der Waals surface area contributed by atoms with E-state index in [4.69, 9.17) is 37.0 Å². The number of unbranched alkanes of at least 4 members (excludes halogenated alkanes) is 32. The summed E-state index contributed by atoms with van der Waals surface area (Å²) in [7, 11) is -9.89. The number of carbonyl (C=O) groups excluding carboxylic acids is 4. The van der Waals surface area contributed by atoms with Crippen molar-refractivity contribution in [2.45, 2.75) is 349 Å². The molecule has 0 rings (SSSR count). The van der Waals surface area contributed by atoms with Gasteiger partial charge in [-0.25, -0.2) is 9.13 Å². The van der Waals surface area contributed by atoms with Crippen molar-refractivity contribution in [3.05, 3.63) is 0 Å². The Hall–Kier alpha value is -1.94. The van der Waals surface area contributed by atoms with Crippen LogP contribution in [0.4, 0.5) is 0 Å². The minimum Gasteiger partial charge on any atom is -0.462 e. The van der Waals surface area contributed by atoms with Crippen LogP contribution in [0.5, 0.6) is 0 Å². The van der Waals surface area contributed by atoms with Crippen molar-refractivity contribution in [1.29, 1.82) is 0 Å². The molecule has 3 N–H and O–H groups in total. The van der Waals surface area contributed by atoms with E-state index in [9.17, 15) is 43.2 Å². The Labute approximate surface area is 524 Å². The summed E-state index contributed by atoms with van der Waals surface area (Å²) in [6.45, 7) is 11.7. The summed E-state index contributed by atoms with van der Waals surface area (Å²) in [6.07, 6.45) is 40.4. The monoisotopic (exact) mass is 1270 g/mol. The van der Waals surface area contributed by atoms with Gasteiger partial charge in [0.25, 0.3) is 0 Å². The molecule has 0 aliphatic carbocycles. The Morgan fingerprint density at radius 3 is 0.884 bits per heavy atom. The molecule has 6 atom stereocenters. The molecule has 17 nitrogen and oxygen atoms in total. The van der Waals surface area contributed by atoms with Gasteiger partial charge in [-0.2, -0.15) is 0 Å². The van der Waals surface area contributed by atoms with Crippen molar-refractivity contribution < 1.29 is 80.2 Å². The third-order valence-corrected chi connectivity index (χ3v) is 17.6. The number of aliphatic hydroxyl groups excluding tert-OH is 1. The van der Waals surface area contributed by atoms with Gasteiger partial charge in [-0.1, -0.05) is 280 Å². The minimum atomic E-state index is -4.95. The summed E-state index contributed by atoms with van der Waals surface area (Å²) in [5, 5.41) is 10.6.